The topological polar surface area (TPSA) is 71.5 Å². The van der Waals surface area contributed by atoms with Crippen molar-refractivity contribution in [2.24, 2.45) is 7.05 Å². The van der Waals surface area contributed by atoms with Crippen LogP contribution in [-0.4, -0.2) is 38.3 Å². The molecule has 2 aromatic heterocycles. The molecule has 0 spiro atoms. The van der Waals surface area contributed by atoms with Crippen molar-refractivity contribution in [1.29, 1.82) is 0 Å². The van der Waals surface area contributed by atoms with Gasteiger partial charge in [0.05, 0.1) is 18.0 Å². The Morgan fingerprint density at radius 3 is 2.96 bits per heavy atom. The number of aryl methyl sites for hydroxylation is 1. The minimum Gasteiger partial charge on any atom is -0.467 e. The molecule has 24 heavy (non-hydrogen) atoms. The molecule has 0 bridgehead atoms. The summed E-state index contributed by atoms with van der Waals surface area (Å²) in [6.07, 6.45) is 7.11. The lowest BCUT2D eigenvalue weighted by Gasteiger charge is -2.31. The van der Waals surface area contributed by atoms with Crippen LogP contribution in [0.5, 0.6) is 0 Å². The molecule has 3 heterocycles. The maximum absolute atomic E-state index is 13.0. The van der Waals surface area contributed by atoms with Crippen LogP contribution in [0.25, 0.3) is 0 Å². The number of hydrogen-bond acceptors (Lipinski definition) is 4. The molecule has 130 valence electrons. The molecule has 1 aliphatic heterocycles. The van der Waals surface area contributed by atoms with Gasteiger partial charge in [-0.15, -0.1) is 0 Å². The summed E-state index contributed by atoms with van der Waals surface area (Å²) in [5, 5.41) is 14.6. The summed E-state index contributed by atoms with van der Waals surface area (Å²) >= 11 is 0. The molecule has 2 atom stereocenters. The summed E-state index contributed by atoms with van der Waals surface area (Å²) in [5.41, 5.74) is 1.52. The lowest BCUT2D eigenvalue weighted by molar-refractivity contribution is 0.0556. The van der Waals surface area contributed by atoms with Crippen molar-refractivity contribution in [2.45, 2.75) is 51.2 Å². The SMILES string of the molecule is Cc1c(C(=O)N2CCCCC[C@@H]2C[C@H](O)c2ccco2)cnn1C. The van der Waals surface area contributed by atoms with Gasteiger partial charge in [0, 0.05) is 31.7 Å². The van der Waals surface area contributed by atoms with Gasteiger partial charge in [0.25, 0.3) is 5.91 Å². The number of amides is 1. The van der Waals surface area contributed by atoms with E-state index in [9.17, 15) is 9.90 Å². The van der Waals surface area contributed by atoms with Crippen LogP contribution < -0.4 is 0 Å². The molecule has 1 amide bonds. The fourth-order valence-corrected chi connectivity index (χ4v) is 3.41. The Balaban J connectivity index is 1.79. The van der Waals surface area contributed by atoms with E-state index in [1.807, 2.05) is 18.9 Å². The third kappa shape index (κ3) is 3.38. The minimum absolute atomic E-state index is 0.0131. The molecule has 1 saturated heterocycles. The van der Waals surface area contributed by atoms with Gasteiger partial charge < -0.3 is 14.4 Å². The Hall–Kier alpha value is -2.08. The first-order valence-electron chi connectivity index (χ1n) is 8.59. The average molecular weight is 331 g/mol. The van der Waals surface area contributed by atoms with Crippen LogP contribution in [-0.2, 0) is 7.05 Å². The largest absolute Gasteiger partial charge is 0.467 e. The Kier molecular flexibility index (Phi) is 5.04. The van der Waals surface area contributed by atoms with E-state index in [4.69, 9.17) is 4.42 Å². The summed E-state index contributed by atoms with van der Waals surface area (Å²) in [6.45, 7) is 2.63. The predicted octanol–water partition coefficient (Wildman–Crippen LogP) is 2.83. The molecule has 0 aromatic carbocycles. The molecule has 0 saturated carbocycles. The number of likely N-dealkylation sites (tertiary alicyclic amines) is 1. The summed E-state index contributed by atoms with van der Waals surface area (Å²) in [4.78, 5) is 15.0. The number of nitrogens with zero attached hydrogens (tertiary/aromatic N) is 3. The molecule has 0 aliphatic carbocycles. The fraction of sp³-hybridized carbons (Fsp3) is 0.556. The lowest BCUT2D eigenvalue weighted by Crippen LogP contribution is -2.41. The number of aliphatic hydroxyl groups is 1. The van der Waals surface area contributed by atoms with Crippen molar-refractivity contribution in [2.75, 3.05) is 6.54 Å². The Morgan fingerprint density at radius 2 is 2.29 bits per heavy atom. The van der Waals surface area contributed by atoms with Gasteiger partial charge in [0.1, 0.15) is 11.9 Å². The zero-order valence-corrected chi connectivity index (χ0v) is 14.3. The van der Waals surface area contributed by atoms with Crippen LogP contribution in [0.15, 0.2) is 29.0 Å². The van der Waals surface area contributed by atoms with E-state index < -0.39 is 6.10 Å². The molecule has 0 unspecified atom stereocenters. The van der Waals surface area contributed by atoms with Gasteiger partial charge in [0.2, 0.25) is 0 Å². The molecule has 6 heteroatoms. The highest BCUT2D eigenvalue weighted by atomic mass is 16.4. The molecular formula is C18H25N3O3. The lowest BCUT2D eigenvalue weighted by atomic mass is 10.0. The molecule has 1 fully saturated rings. The summed E-state index contributed by atoms with van der Waals surface area (Å²) in [7, 11) is 1.84. The maximum Gasteiger partial charge on any atom is 0.257 e. The van der Waals surface area contributed by atoms with Gasteiger partial charge in [-0.2, -0.15) is 5.10 Å². The molecule has 3 rings (SSSR count). The predicted molar refractivity (Wildman–Crippen MR) is 89.5 cm³/mol. The number of hydrogen-bond donors (Lipinski definition) is 1. The van der Waals surface area contributed by atoms with Crippen LogP contribution in [0.3, 0.4) is 0 Å². The maximum atomic E-state index is 13.0. The highest BCUT2D eigenvalue weighted by Gasteiger charge is 2.30. The summed E-state index contributed by atoms with van der Waals surface area (Å²) in [6, 6.07) is 3.56. The van der Waals surface area contributed by atoms with Crippen molar-refractivity contribution >= 4 is 5.91 Å². The number of rotatable bonds is 4. The number of aromatic nitrogens is 2. The van der Waals surface area contributed by atoms with E-state index in [-0.39, 0.29) is 11.9 Å². The van der Waals surface area contributed by atoms with Crippen LogP contribution in [0, 0.1) is 6.92 Å². The van der Waals surface area contributed by atoms with Gasteiger partial charge in [0.15, 0.2) is 0 Å². The quantitative estimate of drug-likeness (QED) is 0.935. The van der Waals surface area contributed by atoms with Crippen LogP contribution in [0.2, 0.25) is 0 Å². The van der Waals surface area contributed by atoms with Gasteiger partial charge in [-0.05, 0) is 31.9 Å². The van der Waals surface area contributed by atoms with Crippen molar-refractivity contribution in [3.05, 3.63) is 41.6 Å². The standard InChI is InChI=1S/C18H25N3O3/c1-13-15(12-19-20(13)2)18(23)21-9-5-3-4-7-14(21)11-16(22)17-8-6-10-24-17/h6,8,10,12,14,16,22H,3-5,7,9,11H2,1-2H3/t14-,16+/m1/s1. The average Bonchev–Trinajstić information content (AvgIpc) is 3.15. The smallest absolute Gasteiger partial charge is 0.257 e. The van der Waals surface area contributed by atoms with E-state index in [0.717, 1.165) is 37.9 Å². The van der Waals surface area contributed by atoms with Gasteiger partial charge in [-0.3, -0.25) is 9.48 Å². The molecular weight excluding hydrogens is 306 g/mol. The zero-order valence-electron chi connectivity index (χ0n) is 14.3. The van der Waals surface area contributed by atoms with Crippen LogP contribution in [0.4, 0.5) is 0 Å². The first-order valence-corrected chi connectivity index (χ1v) is 8.59. The number of furan rings is 1. The molecule has 1 N–H and O–H groups in total. The summed E-state index contributed by atoms with van der Waals surface area (Å²) in [5.74, 6) is 0.573. The minimum atomic E-state index is -0.687. The first kappa shape index (κ1) is 16.8. The van der Waals surface area contributed by atoms with E-state index >= 15 is 0 Å². The molecule has 1 aliphatic rings. The third-order valence-corrected chi connectivity index (χ3v) is 4.97. The third-order valence-electron chi connectivity index (χ3n) is 4.97. The van der Waals surface area contributed by atoms with Gasteiger partial charge >= 0.3 is 0 Å². The second-order valence-corrected chi connectivity index (χ2v) is 6.54. The Labute approximate surface area is 142 Å². The van der Waals surface area contributed by atoms with Crippen molar-refractivity contribution in [3.63, 3.8) is 0 Å². The Bertz CT molecular complexity index is 678. The first-order chi connectivity index (χ1) is 11.6. The van der Waals surface area contributed by atoms with E-state index in [1.165, 1.54) is 0 Å². The Morgan fingerprint density at radius 1 is 1.46 bits per heavy atom. The van der Waals surface area contributed by atoms with Crippen molar-refractivity contribution in [1.82, 2.24) is 14.7 Å². The monoisotopic (exact) mass is 331 g/mol. The molecule has 2 aromatic rings. The summed E-state index contributed by atoms with van der Waals surface area (Å²) < 4.78 is 7.02. The van der Waals surface area contributed by atoms with Crippen LogP contribution >= 0.6 is 0 Å². The van der Waals surface area contributed by atoms with Crippen molar-refractivity contribution < 1.29 is 14.3 Å². The highest BCUT2D eigenvalue weighted by Crippen LogP contribution is 2.28. The van der Waals surface area contributed by atoms with Gasteiger partial charge in [-0.1, -0.05) is 12.8 Å². The van der Waals surface area contributed by atoms with E-state index in [0.29, 0.717) is 17.7 Å². The van der Waals surface area contributed by atoms with E-state index in [1.54, 1.807) is 29.3 Å². The number of carbonyl (C=O) groups is 1. The fourth-order valence-electron chi connectivity index (χ4n) is 3.41. The van der Waals surface area contributed by atoms with Crippen LogP contribution in [0.1, 0.15) is 60.0 Å². The van der Waals surface area contributed by atoms with Crippen molar-refractivity contribution in [3.8, 4) is 0 Å². The highest BCUT2D eigenvalue weighted by molar-refractivity contribution is 5.95. The van der Waals surface area contributed by atoms with E-state index in [2.05, 4.69) is 5.10 Å². The zero-order chi connectivity index (χ0) is 17.1. The normalized spacial score (nSPS) is 20.0. The number of aliphatic hydroxyl groups excluding tert-OH is 1. The second kappa shape index (κ2) is 7.21. The molecule has 6 nitrogen and oxygen atoms in total. The number of carbonyl (C=O) groups excluding carboxylic acids is 1. The molecule has 0 radical (unpaired) electrons. The second-order valence-electron chi connectivity index (χ2n) is 6.54. The van der Waals surface area contributed by atoms with Gasteiger partial charge in [-0.25, -0.2) is 0 Å².